The van der Waals surface area contributed by atoms with Gasteiger partial charge in [-0.1, -0.05) is 0 Å². The van der Waals surface area contributed by atoms with E-state index in [-0.39, 0.29) is 11.1 Å². The molecule has 0 aliphatic rings. The van der Waals surface area contributed by atoms with Crippen LogP contribution in [0.25, 0.3) is 11.1 Å². The maximum absolute atomic E-state index is 9.66. The highest BCUT2D eigenvalue weighted by atomic mass is 16.3. The molecule has 2 aromatic rings. The molecule has 0 fully saturated rings. The van der Waals surface area contributed by atoms with E-state index < -0.39 is 34.5 Å². The maximum atomic E-state index is 9.66. The van der Waals surface area contributed by atoms with Crippen molar-refractivity contribution >= 4 is 0 Å². The maximum Gasteiger partial charge on any atom is 0.200 e. The van der Waals surface area contributed by atoms with Gasteiger partial charge in [0.1, 0.15) is 5.75 Å². The van der Waals surface area contributed by atoms with E-state index in [4.69, 9.17) is 0 Å². The lowest BCUT2D eigenvalue weighted by molar-refractivity contribution is 0.368. The average Bonchev–Trinajstić information content (AvgIpc) is 2.34. The molecule has 18 heavy (non-hydrogen) atoms. The summed E-state index contributed by atoms with van der Waals surface area (Å²) in [5.41, 5.74) is -0.376. The molecule has 2 rings (SSSR count). The van der Waals surface area contributed by atoms with Crippen LogP contribution in [0.1, 0.15) is 0 Å². The summed E-state index contributed by atoms with van der Waals surface area (Å²) in [6.45, 7) is 0. The monoisotopic (exact) mass is 250 g/mol. The van der Waals surface area contributed by atoms with E-state index in [9.17, 15) is 30.6 Å². The first-order valence-corrected chi connectivity index (χ1v) is 4.91. The van der Waals surface area contributed by atoms with Crippen molar-refractivity contribution in [2.75, 3.05) is 0 Å². The summed E-state index contributed by atoms with van der Waals surface area (Å²) < 4.78 is 0. The highest BCUT2D eigenvalue weighted by Crippen LogP contribution is 2.49. The molecule has 94 valence electrons. The Labute approximate surface area is 101 Å². The van der Waals surface area contributed by atoms with E-state index in [1.807, 2.05) is 0 Å². The summed E-state index contributed by atoms with van der Waals surface area (Å²) in [6.07, 6.45) is 0. The van der Waals surface area contributed by atoms with Gasteiger partial charge in [0, 0.05) is 5.56 Å². The molecule has 0 radical (unpaired) electrons. The Kier molecular flexibility index (Phi) is 2.55. The lowest BCUT2D eigenvalue weighted by Crippen LogP contribution is -1.84. The molecule has 0 atom stereocenters. The van der Waals surface area contributed by atoms with E-state index in [0.717, 1.165) is 18.2 Å². The second kappa shape index (κ2) is 3.92. The summed E-state index contributed by atoms with van der Waals surface area (Å²) >= 11 is 0. The third kappa shape index (κ3) is 1.60. The van der Waals surface area contributed by atoms with Crippen molar-refractivity contribution in [1.82, 2.24) is 0 Å². The summed E-state index contributed by atoms with van der Waals surface area (Å²) in [5, 5.41) is 56.8. The summed E-state index contributed by atoms with van der Waals surface area (Å²) in [7, 11) is 0. The van der Waals surface area contributed by atoms with Crippen LogP contribution in [0.5, 0.6) is 34.5 Å². The van der Waals surface area contributed by atoms with Gasteiger partial charge in [-0.25, -0.2) is 0 Å². The van der Waals surface area contributed by atoms with Gasteiger partial charge in [0.15, 0.2) is 23.0 Å². The third-order valence-corrected chi connectivity index (χ3v) is 2.53. The van der Waals surface area contributed by atoms with Gasteiger partial charge < -0.3 is 30.6 Å². The van der Waals surface area contributed by atoms with E-state index >= 15 is 0 Å². The van der Waals surface area contributed by atoms with Gasteiger partial charge in [-0.15, -0.1) is 0 Å². The largest absolute Gasteiger partial charge is 0.507 e. The normalized spacial score (nSPS) is 10.4. The van der Waals surface area contributed by atoms with Gasteiger partial charge >= 0.3 is 0 Å². The van der Waals surface area contributed by atoms with Crippen molar-refractivity contribution in [2.24, 2.45) is 0 Å². The molecule has 0 amide bonds. The molecule has 0 bridgehead atoms. The first-order chi connectivity index (χ1) is 8.43. The van der Waals surface area contributed by atoms with Crippen LogP contribution in [-0.4, -0.2) is 30.6 Å². The van der Waals surface area contributed by atoms with Gasteiger partial charge in [-0.2, -0.15) is 0 Å². The zero-order chi connectivity index (χ0) is 13.4. The first kappa shape index (κ1) is 11.7. The van der Waals surface area contributed by atoms with E-state index in [1.54, 1.807) is 0 Å². The number of aromatic hydroxyl groups is 6. The van der Waals surface area contributed by atoms with Crippen LogP contribution in [0.3, 0.4) is 0 Å². The van der Waals surface area contributed by atoms with Crippen molar-refractivity contribution in [1.29, 1.82) is 0 Å². The van der Waals surface area contributed by atoms with Crippen molar-refractivity contribution in [3.05, 3.63) is 24.3 Å². The summed E-state index contributed by atoms with van der Waals surface area (Å²) in [5.74, 6) is -3.58. The fraction of sp³-hybridized carbons (Fsp3) is 0. The predicted molar refractivity (Wildman–Crippen MR) is 61.9 cm³/mol. The lowest BCUT2D eigenvalue weighted by atomic mass is 10.0. The molecule has 6 N–H and O–H groups in total. The van der Waals surface area contributed by atoms with Crippen LogP contribution in [-0.2, 0) is 0 Å². The van der Waals surface area contributed by atoms with E-state index in [1.165, 1.54) is 6.07 Å². The van der Waals surface area contributed by atoms with Crippen LogP contribution >= 0.6 is 0 Å². The van der Waals surface area contributed by atoms with Crippen molar-refractivity contribution in [2.45, 2.75) is 0 Å². The second-order valence-corrected chi connectivity index (χ2v) is 3.66. The number of rotatable bonds is 1. The predicted octanol–water partition coefficient (Wildman–Crippen LogP) is 1.59. The highest BCUT2D eigenvalue weighted by Gasteiger charge is 2.20. The molecule has 6 heteroatoms. The van der Waals surface area contributed by atoms with Crippen LogP contribution in [0.15, 0.2) is 24.3 Å². The molecular weight excluding hydrogens is 240 g/mol. The molecule has 0 aliphatic heterocycles. The summed E-state index contributed by atoms with van der Waals surface area (Å²) in [6, 6.07) is 4.45. The number of hydrogen-bond acceptors (Lipinski definition) is 6. The van der Waals surface area contributed by atoms with E-state index in [2.05, 4.69) is 0 Å². The van der Waals surface area contributed by atoms with Crippen LogP contribution in [0.2, 0.25) is 0 Å². The van der Waals surface area contributed by atoms with E-state index in [0.29, 0.717) is 0 Å². The molecule has 0 heterocycles. The molecule has 6 nitrogen and oxygen atoms in total. The van der Waals surface area contributed by atoms with Gasteiger partial charge in [-0.05, 0) is 24.3 Å². The van der Waals surface area contributed by atoms with Gasteiger partial charge in [-0.3, -0.25) is 0 Å². The SMILES string of the molecule is Oc1ccc(-c2c(O)ccc(O)c2O)c(O)c1O. The Balaban J connectivity index is 2.78. The zero-order valence-electron chi connectivity index (χ0n) is 8.99. The number of phenols is 6. The number of phenolic OH excluding ortho intramolecular Hbond substituents is 6. The molecular formula is C12H10O6. The fourth-order valence-electron chi connectivity index (χ4n) is 1.61. The quantitative estimate of drug-likeness (QED) is 0.337. The molecule has 0 saturated carbocycles. The third-order valence-electron chi connectivity index (χ3n) is 2.53. The lowest BCUT2D eigenvalue weighted by Gasteiger charge is -2.11. The minimum atomic E-state index is -0.783. The standard InChI is InChI=1S/C12H10O6/c13-6-3-4-7(14)11(17)9(6)5-1-2-8(15)12(18)10(5)16/h1-4,13-18H. The molecule has 0 spiro atoms. The molecule has 0 aromatic heterocycles. The van der Waals surface area contributed by atoms with Gasteiger partial charge in [0.2, 0.25) is 5.75 Å². The molecule has 0 saturated heterocycles. The zero-order valence-corrected chi connectivity index (χ0v) is 8.99. The minimum Gasteiger partial charge on any atom is -0.507 e. The highest BCUT2D eigenvalue weighted by molar-refractivity contribution is 5.84. The van der Waals surface area contributed by atoms with Crippen LogP contribution in [0.4, 0.5) is 0 Å². The van der Waals surface area contributed by atoms with Gasteiger partial charge in [0.25, 0.3) is 0 Å². The minimum absolute atomic E-state index is 0.129. The number of hydrogen-bond donors (Lipinski definition) is 6. The Morgan fingerprint density at radius 1 is 0.500 bits per heavy atom. The Hall–Kier alpha value is -2.76. The van der Waals surface area contributed by atoms with Crippen molar-refractivity contribution in [3.63, 3.8) is 0 Å². The molecule has 0 unspecified atom stereocenters. The summed E-state index contributed by atoms with van der Waals surface area (Å²) in [4.78, 5) is 0. The Bertz CT molecular complexity index is 620. The van der Waals surface area contributed by atoms with Crippen molar-refractivity contribution < 1.29 is 30.6 Å². The second-order valence-electron chi connectivity index (χ2n) is 3.66. The Morgan fingerprint density at radius 3 is 1.67 bits per heavy atom. The smallest absolute Gasteiger partial charge is 0.200 e. The topological polar surface area (TPSA) is 121 Å². The van der Waals surface area contributed by atoms with Crippen LogP contribution in [0, 0.1) is 0 Å². The molecule has 2 aromatic carbocycles. The van der Waals surface area contributed by atoms with Gasteiger partial charge in [0.05, 0.1) is 5.56 Å². The Morgan fingerprint density at radius 2 is 1.00 bits per heavy atom. The average molecular weight is 250 g/mol. The fourth-order valence-corrected chi connectivity index (χ4v) is 1.61. The number of benzene rings is 2. The molecule has 0 aliphatic carbocycles. The first-order valence-electron chi connectivity index (χ1n) is 4.91. The van der Waals surface area contributed by atoms with Crippen LogP contribution < -0.4 is 0 Å². The van der Waals surface area contributed by atoms with Crippen molar-refractivity contribution in [3.8, 4) is 45.6 Å².